The number of aromatic nitrogens is 2. The van der Waals surface area contributed by atoms with E-state index in [-0.39, 0.29) is 0 Å². The Hall–Kier alpha value is -2.23. The molecule has 4 heteroatoms. The van der Waals surface area contributed by atoms with E-state index in [9.17, 15) is 0 Å². The van der Waals surface area contributed by atoms with Crippen LogP contribution in [0.1, 0.15) is 6.92 Å². The van der Waals surface area contributed by atoms with Crippen molar-refractivity contribution >= 4 is 22.8 Å². The molecule has 2 aromatic rings. The smallest absolute Gasteiger partial charge is 0.176 e. The van der Waals surface area contributed by atoms with Crippen LogP contribution in [-0.2, 0) is 0 Å². The predicted molar refractivity (Wildman–Crippen MR) is 66.5 cm³/mol. The largest absolute Gasteiger partial charge is 0.259 e. The van der Waals surface area contributed by atoms with E-state index >= 15 is 0 Å². The van der Waals surface area contributed by atoms with Crippen LogP contribution >= 0.6 is 0 Å². The summed E-state index contributed by atoms with van der Waals surface area (Å²) >= 11 is 0. The van der Waals surface area contributed by atoms with Crippen molar-refractivity contribution in [2.24, 2.45) is 5.10 Å². The summed E-state index contributed by atoms with van der Waals surface area (Å²) in [4.78, 5) is 0. The van der Waals surface area contributed by atoms with E-state index in [1.165, 1.54) is 0 Å². The lowest BCUT2D eigenvalue weighted by Gasteiger charge is -2.02. The first kappa shape index (κ1) is 10.3. The molecule has 0 spiro atoms. The minimum atomic E-state index is 0.666. The second kappa shape index (κ2) is 5.02. The van der Waals surface area contributed by atoms with Crippen LogP contribution in [0.2, 0.25) is 0 Å². The third-order valence-electron chi connectivity index (χ3n) is 2.09. The summed E-state index contributed by atoms with van der Waals surface area (Å²) < 4.78 is 0. The standard InChI is InChI=1S/C12H12N4/c1-2-3-8-13-15-12-11-7-5-4-6-10(11)9-14-16-12/h2-9H,1H3,(H,15,16)/b3-2+,13-8+. The van der Waals surface area contributed by atoms with Gasteiger partial charge in [0.15, 0.2) is 5.82 Å². The number of rotatable bonds is 3. The van der Waals surface area contributed by atoms with Crippen molar-refractivity contribution in [3.05, 3.63) is 42.6 Å². The van der Waals surface area contributed by atoms with Gasteiger partial charge in [-0.25, -0.2) is 0 Å². The Bertz CT molecular complexity index is 526. The molecule has 1 heterocycles. The number of hydrazone groups is 1. The highest BCUT2D eigenvalue weighted by atomic mass is 15.3. The molecule has 2 rings (SSSR count). The minimum absolute atomic E-state index is 0.666. The van der Waals surface area contributed by atoms with Crippen molar-refractivity contribution in [2.75, 3.05) is 5.43 Å². The first-order chi connectivity index (χ1) is 7.92. The van der Waals surface area contributed by atoms with Gasteiger partial charge in [0.1, 0.15) is 0 Å². The molecule has 0 saturated carbocycles. The maximum Gasteiger partial charge on any atom is 0.176 e. The second-order valence-electron chi connectivity index (χ2n) is 3.20. The fraction of sp³-hybridized carbons (Fsp3) is 0.0833. The van der Waals surface area contributed by atoms with Crippen LogP contribution in [0.4, 0.5) is 5.82 Å². The molecule has 1 N–H and O–H groups in total. The Morgan fingerprint density at radius 3 is 3.06 bits per heavy atom. The molecular formula is C12H12N4. The van der Waals surface area contributed by atoms with Crippen molar-refractivity contribution in [3.8, 4) is 0 Å². The van der Waals surface area contributed by atoms with Crippen molar-refractivity contribution < 1.29 is 0 Å². The van der Waals surface area contributed by atoms with E-state index in [4.69, 9.17) is 0 Å². The lowest BCUT2D eigenvalue weighted by atomic mass is 10.2. The van der Waals surface area contributed by atoms with Crippen LogP contribution in [0.25, 0.3) is 10.8 Å². The van der Waals surface area contributed by atoms with E-state index in [2.05, 4.69) is 20.7 Å². The van der Waals surface area contributed by atoms with Gasteiger partial charge in [-0.15, -0.1) is 5.10 Å². The van der Waals surface area contributed by atoms with Gasteiger partial charge in [0, 0.05) is 17.0 Å². The minimum Gasteiger partial charge on any atom is -0.259 e. The van der Waals surface area contributed by atoms with E-state index in [0.29, 0.717) is 5.82 Å². The summed E-state index contributed by atoms with van der Waals surface area (Å²) in [5.74, 6) is 0.666. The lowest BCUT2D eigenvalue weighted by molar-refractivity contribution is 1.04. The van der Waals surface area contributed by atoms with Crippen molar-refractivity contribution in [1.29, 1.82) is 0 Å². The normalized spacial score (nSPS) is 11.6. The Morgan fingerprint density at radius 2 is 2.19 bits per heavy atom. The van der Waals surface area contributed by atoms with Gasteiger partial charge in [0.25, 0.3) is 0 Å². The molecule has 0 radical (unpaired) electrons. The number of benzene rings is 1. The lowest BCUT2D eigenvalue weighted by Crippen LogP contribution is -1.95. The number of hydrogen-bond acceptors (Lipinski definition) is 4. The number of nitrogens with zero attached hydrogens (tertiary/aromatic N) is 3. The van der Waals surface area contributed by atoms with Gasteiger partial charge in [-0.05, 0) is 13.0 Å². The Labute approximate surface area is 93.7 Å². The van der Waals surface area contributed by atoms with Gasteiger partial charge in [-0.3, -0.25) is 5.43 Å². The predicted octanol–water partition coefficient (Wildman–Crippen LogP) is 2.60. The van der Waals surface area contributed by atoms with Crippen LogP contribution < -0.4 is 5.43 Å². The van der Waals surface area contributed by atoms with Crippen molar-refractivity contribution in [3.63, 3.8) is 0 Å². The maximum atomic E-state index is 4.02. The average molecular weight is 212 g/mol. The molecule has 0 saturated heterocycles. The average Bonchev–Trinajstić information content (AvgIpc) is 2.35. The topological polar surface area (TPSA) is 50.2 Å². The molecule has 0 atom stereocenters. The Balaban J connectivity index is 2.30. The van der Waals surface area contributed by atoms with Crippen LogP contribution in [0.5, 0.6) is 0 Å². The fourth-order valence-corrected chi connectivity index (χ4v) is 1.34. The highest BCUT2D eigenvalue weighted by molar-refractivity contribution is 5.91. The first-order valence-electron chi connectivity index (χ1n) is 5.02. The molecule has 0 amide bonds. The molecule has 0 fully saturated rings. The molecule has 0 aliphatic heterocycles. The van der Waals surface area contributed by atoms with Crippen LogP contribution in [0.15, 0.2) is 47.7 Å². The zero-order valence-electron chi connectivity index (χ0n) is 8.96. The third kappa shape index (κ3) is 2.23. The quantitative estimate of drug-likeness (QED) is 0.628. The number of anilines is 1. The molecule has 80 valence electrons. The molecular weight excluding hydrogens is 200 g/mol. The molecule has 0 aliphatic rings. The third-order valence-corrected chi connectivity index (χ3v) is 2.09. The Morgan fingerprint density at radius 1 is 1.31 bits per heavy atom. The second-order valence-corrected chi connectivity index (χ2v) is 3.20. The zero-order valence-corrected chi connectivity index (χ0v) is 8.96. The number of fused-ring (bicyclic) bond motifs is 1. The number of hydrogen-bond donors (Lipinski definition) is 1. The highest BCUT2D eigenvalue weighted by Gasteiger charge is 1.99. The molecule has 4 nitrogen and oxygen atoms in total. The van der Waals surface area contributed by atoms with Gasteiger partial charge >= 0.3 is 0 Å². The molecule has 1 aromatic carbocycles. The maximum absolute atomic E-state index is 4.02. The SMILES string of the molecule is C/C=C/C=N/Nc1nncc2ccccc12. The van der Waals surface area contributed by atoms with E-state index < -0.39 is 0 Å². The van der Waals surface area contributed by atoms with Gasteiger partial charge in [0.2, 0.25) is 0 Å². The van der Waals surface area contributed by atoms with Crippen molar-refractivity contribution in [1.82, 2.24) is 10.2 Å². The van der Waals surface area contributed by atoms with E-state index in [1.807, 2.05) is 43.3 Å². The van der Waals surface area contributed by atoms with E-state index in [1.54, 1.807) is 12.4 Å². The monoisotopic (exact) mass is 212 g/mol. The summed E-state index contributed by atoms with van der Waals surface area (Å²) in [5.41, 5.74) is 2.87. The van der Waals surface area contributed by atoms with Gasteiger partial charge in [-0.1, -0.05) is 30.3 Å². The van der Waals surface area contributed by atoms with Crippen LogP contribution in [-0.4, -0.2) is 16.4 Å². The Kier molecular flexibility index (Phi) is 3.23. The molecule has 0 aliphatic carbocycles. The van der Waals surface area contributed by atoms with Crippen LogP contribution in [0.3, 0.4) is 0 Å². The summed E-state index contributed by atoms with van der Waals surface area (Å²) in [7, 11) is 0. The summed E-state index contributed by atoms with van der Waals surface area (Å²) in [6.45, 7) is 1.93. The van der Waals surface area contributed by atoms with Crippen LogP contribution in [0, 0.1) is 0 Å². The molecule has 16 heavy (non-hydrogen) atoms. The van der Waals surface area contributed by atoms with Gasteiger partial charge < -0.3 is 0 Å². The summed E-state index contributed by atoms with van der Waals surface area (Å²) in [5, 5.41) is 14.0. The van der Waals surface area contributed by atoms with Crippen molar-refractivity contribution in [2.45, 2.75) is 6.92 Å². The van der Waals surface area contributed by atoms with E-state index in [0.717, 1.165) is 10.8 Å². The molecule has 0 bridgehead atoms. The molecule has 0 unspecified atom stereocenters. The van der Waals surface area contributed by atoms with Gasteiger partial charge in [0.05, 0.1) is 6.20 Å². The molecule has 1 aromatic heterocycles. The zero-order chi connectivity index (χ0) is 11.2. The first-order valence-corrected chi connectivity index (χ1v) is 5.02. The van der Waals surface area contributed by atoms with Gasteiger partial charge in [-0.2, -0.15) is 10.2 Å². The number of allylic oxidation sites excluding steroid dienone is 2. The fourth-order valence-electron chi connectivity index (χ4n) is 1.34. The summed E-state index contributed by atoms with van der Waals surface area (Å²) in [6, 6.07) is 7.91. The highest BCUT2D eigenvalue weighted by Crippen LogP contribution is 2.18. The summed E-state index contributed by atoms with van der Waals surface area (Å²) in [6.07, 6.45) is 7.14. The number of nitrogens with one attached hydrogen (secondary N) is 1.